The lowest BCUT2D eigenvalue weighted by Crippen LogP contribution is -2.19. The number of allylic oxidation sites excluding steroid dienone is 6. The molecule has 0 bridgehead atoms. The summed E-state index contributed by atoms with van der Waals surface area (Å²) in [5, 5.41) is 0. The number of Topliss-reactive ketones (excluding diaryl/α,β-unsaturated/α-hetero) is 1. The predicted octanol–water partition coefficient (Wildman–Crippen LogP) is 5.31. The second-order valence-electron chi connectivity index (χ2n) is 5.67. The zero-order valence-corrected chi connectivity index (χ0v) is 15.5. The maximum absolute atomic E-state index is 11.6. The average Bonchev–Trinajstić information content (AvgIpc) is 2.63. The van der Waals surface area contributed by atoms with Crippen LogP contribution in [-0.4, -0.2) is 11.6 Å². The van der Waals surface area contributed by atoms with E-state index >= 15 is 0 Å². The van der Waals surface area contributed by atoms with Crippen LogP contribution in [0.3, 0.4) is 0 Å². The van der Waals surface area contributed by atoms with E-state index < -0.39 is 0 Å². The van der Waals surface area contributed by atoms with Gasteiger partial charge in [-0.25, -0.2) is 0 Å². The lowest BCUT2D eigenvalue weighted by atomic mass is 9.84. The molecule has 0 atom stereocenters. The number of hydrogen-bond donors (Lipinski definition) is 0. The van der Waals surface area contributed by atoms with Crippen LogP contribution in [-0.2, 0) is 16.0 Å². The highest BCUT2D eigenvalue weighted by Crippen LogP contribution is 2.27. The van der Waals surface area contributed by atoms with E-state index in [9.17, 15) is 9.59 Å². The summed E-state index contributed by atoms with van der Waals surface area (Å²) in [6.45, 7) is 9.97. The van der Waals surface area contributed by atoms with Crippen LogP contribution < -0.4 is 0 Å². The predicted molar refractivity (Wildman–Crippen MR) is 101 cm³/mol. The van der Waals surface area contributed by atoms with Crippen molar-refractivity contribution < 1.29 is 9.59 Å². The Bertz CT molecular complexity index is 670. The van der Waals surface area contributed by atoms with Crippen LogP contribution in [0.15, 0.2) is 59.2 Å². The Morgan fingerprint density at radius 1 is 0.875 bits per heavy atom. The van der Waals surface area contributed by atoms with Crippen molar-refractivity contribution in [3.63, 3.8) is 0 Å². The van der Waals surface area contributed by atoms with Crippen molar-refractivity contribution in [2.75, 3.05) is 0 Å². The molecule has 128 valence electrons. The third kappa shape index (κ3) is 5.16. The van der Waals surface area contributed by atoms with Crippen molar-refractivity contribution in [1.29, 1.82) is 0 Å². The molecule has 0 unspecified atom stereocenters. The van der Waals surface area contributed by atoms with Crippen LogP contribution in [0.25, 0.3) is 0 Å². The number of benzene rings is 1. The fourth-order valence-electron chi connectivity index (χ4n) is 2.50. The number of carbonyl (C=O) groups excluding carboxylic acids is 2. The second kappa shape index (κ2) is 9.82. The van der Waals surface area contributed by atoms with Crippen molar-refractivity contribution in [3.05, 3.63) is 70.3 Å². The molecule has 0 saturated heterocycles. The molecule has 1 aromatic carbocycles. The Morgan fingerprint density at radius 2 is 1.42 bits per heavy atom. The molecule has 2 aliphatic rings. The first-order valence-corrected chi connectivity index (χ1v) is 8.76. The molecular weight excluding hydrogens is 296 g/mol. The minimum absolute atomic E-state index is 0.00514. The van der Waals surface area contributed by atoms with E-state index in [1.165, 1.54) is 17.2 Å². The van der Waals surface area contributed by atoms with Crippen molar-refractivity contribution in [2.24, 2.45) is 0 Å². The van der Waals surface area contributed by atoms with Gasteiger partial charge < -0.3 is 0 Å². The average molecular weight is 324 g/mol. The largest absolute Gasteiger partial charge is 0.289 e. The maximum atomic E-state index is 11.6. The molecule has 0 amide bonds. The standard InChI is InChI=1S/C11H10O2.C9H12.C2H6/c1-7-6-10(12)8-4-2-3-5-9(8)11(7)13;1-3-9-6-4-8(2)5-7-9;1-2/h4-6H,2-3H2,1H3;4-7H,3H2,1-2H3;1-2H3. The Kier molecular flexibility index (Phi) is 8.11. The Balaban J connectivity index is 0.000000230. The van der Waals surface area contributed by atoms with Crippen LogP contribution >= 0.6 is 0 Å². The van der Waals surface area contributed by atoms with Gasteiger partial charge in [-0.05, 0) is 44.7 Å². The van der Waals surface area contributed by atoms with Gasteiger partial charge in [0.25, 0.3) is 0 Å². The van der Waals surface area contributed by atoms with Crippen molar-refractivity contribution >= 4 is 11.6 Å². The van der Waals surface area contributed by atoms with Gasteiger partial charge in [0, 0.05) is 16.7 Å². The van der Waals surface area contributed by atoms with Gasteiger partial charge in [-0.1, -0.05) is 62.8 Å². The van der Waals surface area contributed by atoms with Crippen molar-refractivity contribution in [2.45, 2.75) is 53.9 Å². The second-order valence-corrected chi connectivity index (χ2v) is 5.67. The third-order valence-corrected chi connectivity index (χ3v) is 3.90. The van der Waals surface area contributed by atoms with Gasteiger partial charge in [0.05, 0.1) is 0 Å². The third-order valence-electron chi connectivity index (χ3n) is 3.90. The highest BCUT2D eigenvalue weighted by Gasteiger charge is 2.26. The van der Waals surface area contributed by atoms with Crippen LogP contribution in [0, 0.1) is 6.92 Å². The number of fused-ring (bicyclic) bond motifs is 1. The molecule has 3 rings (SSSR count). The zero-order chi connectivity index (χ0) is 18.1. The van der Waals surface area contributed by atoms with Crippen LogP contribution in [0.2, 0.25) is 0 Å². The quantitative estimate of drug-likeness (QED) is 0.701. The molecule has 24 heavy (non-hydrogen) atoms. The van der Waals surface area contributed by atoms with Gasteiger partial charge in [0.2, 0.25) is 0 Å². The molecule has 0 N–H and O–H groups in total. The smallest absolute Gasteiger partial charge is 0.189 e. The van der Waals surface area contributed by atoms with Gasteiger partial charge in [0.1, 0.15) is 0 Å². The van der Waals surface area contributed by atoms with E-state index in [-0.39, 0.29) is 11.6 Å². The molecule has 0 fully saturated rings. The number of ketones is 2. The Hall–Kier alpha value is -2.22. The van der Waals surface area contributed by atoms with Crippen LogP contribution in [0.1, 0.15) is 51.7 Å². The van der Waals surface area contributed by atoms with E-state index in [0.717, 1.165) is 19.3 Å². The van der Waals surface area contributed by atoms with E-state index in [1.54, 1.807) is 6.92 Å². The van der Waals surface area contributed by atoms with E-state index in [4.69, 9.17) is 0 Å². The number of carbonyl (C=O) groups is 2. The monoisotopic (exact) mass is 324 g/mol. The van der Waals surface area contributed by atoms with Gasteiger partial charge in [-0.2, -0.15) is 0 Å². The van der Waals surface area contributed by atoms with E-state index in [0.29, 0.717) is 16.7 Å². The van der Waals surface area contributed by atoms with Gasteiger partial charge in [0.15, 0.2) is 11.6 Å². The molecule has 1 aromatic rings. The first kappa shape index (κ1) is 19.8. The fourth-order valence-corrected chi connectivity index (χ4v) is 2.50. The van der Waals surface area contributed by atoms with E-state index in [1.807, 2.05) is 26.0 Å². The molecule has 0 heterocycles. The summed E-state index contributed by atoms with van der Waals surface area (Å²) in [7, 11) is 0. The Labute approximate surface area is 146 Å². The van der Waals surface area contributed by atoms with Gasteiger partial charge in [-0.15, -0.1) is 0 Å². The lowest BCUT2D eigenvalue weighted by Gasteiger charge is -2.17. The fraction of sp³-hybridized carbons (Fsp3) is 0.364. The topological polar surface area (TPSA) is 34.1 Å². The normalized spacial score (nSPS) is 15.6. The molecule has 2 aliphatic carbocycles. The molecule has 0 radical (unpaired) electrons. The van der Waals surface area contributed by atoms with Gasteiger partial charge >= 0.3 is 0 Å². The molecule has 2 nitrogen and oxygen atoms in total. The summed E-state index contributed by atoms with van der Waals surface area (Å²) in [5.41, 5.74) is 4.52. The van der Waals surface area contributed by atoms with Crippen LogP contribution in [0.5, 0.6) is 0 Å². The molecule has 0 spiro atoms. The molecule has 2 heteroatoms. The first-order valence-electron chi connectivity index (χ1n) is 8.76. The Morgan fingerprint density at radius 3 is 1.96 bits per heavy atom. The maximum Gasteiger partial charge on any atom is 0.189 e. The van der Waals surface area contributed by atoms with Crippen molar-refractivity contribution in [1.82, 2.24) is 0 Å². The summed E-state index contributed by atoms with van der Waals surface area (Å²) in [4.78, 5) is 23.0. The summed E-state index contributed by atoms with van der Waals surface area (Å²) < 4.78 is 0. The van der Waals surface area contributed by atoms with Crippen LogP contribution in [0.4, 0.5) is 0 Å². The first-order chi connectivity index (χ1) is 11.5. The number of hydrogen-bond acceptors (Lipinski definition) is 2. The SMILES string of the molecule is CC.CC1=CC(=O)C2=CCCC=C2C1=O.CCc1ccc(C)cc1. The minimum Gasteiger partial charge on any atom is -0.289 e. The summed E-state index contributed by atoms with van der Waals surface area (Å²) in [6.07, 6.45) is 8.03. The molecule has 0 saturated carbocycles. The number of rotatable bonds is 1. The van der Waals surface area contributed by atoms with Gasteiger partial charge in [-0.3, -0.25) is 9.59 Å². The summed E-state index contributed by atoms with van der Waals surface area (Å²) in [6, 6.07) is 8.66. The van der Waals surface area contributed by atoms with E-state index in [2.05, 4.69) is 38.1 Å². The molecular formula is C22H28O2. The summed E-state index contributed by atoms with van der Waals surface area (Å²) >= 11 is 0. The minimum atomic E-state index is -0.0250. The highest BCUT2D eigenvalue weighted by molar-refractivity contribution is 6.27. The van der Waals surface area contributed by atoms with Crippen molar-refractivity contribution in [3.8, 4) is 0 Å². The molecule has 0 aliphatic heterocycles. The summed E-state index contributed by atoms with van der Waals surface area (Å²) in [5.74, 6) is -0.0198. The highest BCUT2D eigenvalue weighted by atomic mass is 16.1. The number of aryl methyl sites for hydroxylation is 2. The zero-order valence-electron chi connectivity index (χ0n) is 15.5. The lowest BCUT2D eigenvalue weighted by molar-refractivity contribution is -0.116. The molecule has 0 aromatic heterocycles.